The van der Waals surface area contributed by atoms with Gasteiger partial charge in [0.15, 0.2) is 6.61 Å². The molecule has 2 heterocycles. The fraction of sp³-hybridized carbons (Fsp3) is 0.190. The zero-order valence-corrected chi connectivity index (χ0v) is 16.0. The summed E-state index contributed by atoms with van der Waals surface area (Å²) in [6, 6.07) is 15.3. The molecule has 4 rings (SSSR count). The molecule has 0 unspecified atom stereocenters. The van der Waals surface area contributed by atoms with Crippen LogP contribution in [0.1, 0.15) is 21.1 Å². The van der Waals surface area contributed by atoms with Crippen LogP contribution in [0.3, 0.4) is 0 Å². The minimum absolute atomic E-state index is 0.226. The minimum Gasteiger partial charge on any atom is -0.456 e. The Kier molecular flexibility index (Phi) is 5.18. The number of rotatable bonds is 7. The molecule has 28 heavy (non-hydrogen) atoms. The van der Waals surface area contributed by atoms with Gasteiger partial charge in [-0.25, -0.2) is 9.78 Å². The van der Waals surface area contributed by atoms with Gasteiger partial charge in [-0.1, -0.05) is 30.3 Å². The normalized spacial score (nSPS) is 11.2. The van der Waals surface area contributed by atoms with E-state index >= 15 is 0 Å². The maximum atomic E-state index is 12.5. The van der Waals surface area contributed by atoms with Gasteiger partial charge in [-0.05, 0) is 25.1 Å². The molecule has 142 valence electrons. The van der Waals surface area contributed by atoms with Crippen LogP contribution in [0.5, 0.6) is 0 Å². The van der Waals surface area contributed by atoms with Crippen LogP contribution >= 0.6 is 11.3 Å². The van der Waals surface area contributed by atoms with Gasteiger partial charge < -0.3 is 14.5 Å². The molecule has 6 nitrogen and oxygen atoms in total. The number of Topliss-reactive ketones (excluding diaryl/α,β-unsaturated/α-hetero) is 1. The number of nitrogens with zero attached hydrogens (tertiary/aromatic N) is 1. The molecular weight excluding hydrogens is 376 g/mol. The van der Waals surface area contributed by atoms with Gasteiger partial charge in [0.05, 0.1) is 16.8 Å². The number of ketones is 1. The van der Waals surface area contributed by atoms with Crippen LogP contribution in [0, 0.1) is 6.92 Å². The van der Waals surface area contributed by atoms with Gasteiger partial charge in [0.1, 0.15) is 11.6 Å². The van der Waals surface area contributed by atoms with Crippen LogP contribution in [-0.2, 0) is 20.9 Å². The number of aromatic amines is 1. The fourth-order valence-corrected chi connectivity index (χ4v) is 4.00. The van der Waals surface area contributed by atoms with Gasteiger partial charge in [0.25, 0.3) is 0 Å². The van der Waals surface area contributed by atoms with E-state index in [1.807, 2.05) is 55.5 Å². The summed E-state index contributed by atoms with van der Waals surface area (Å²) >= 11 is 1.52. The van der Waals surface area contributed by atoms with Crippen LogP contribution in [0.2, 0.25) is 0 Å². The van der Waals surface area contributed by atoms with Gasteiger partial charge in [-0.15, -0.1) is 11.3 Å². The number of aryl methyl sites for hydroxylation is 1. The first-order valence-corrected chi connectivity index (χ1v) is 9.62. The molecule has 0 saturated heterocycles. The first-order valence-electron chi connectivity index (χ1n) is 8.80. The van der Waals surface area contributed by atoms with Crippen molar-refractivity contribution in [2.75, 3.05) is 13.2 Å². The Morgan fingerprint density at radius 2 is 1.86 bits per heavy atom. The van der Waals surface area contributed by atoms with E-state index in [1.54, 1.807) is 0 Å². The van der Waals surface area contributed by atoms with Gasteiger partial charge in [-0.2, -0.15) is 0 Å². The summed E-state index contributed by atoms with van der Waals surface area (Å²) in [6.07, 6.45) is 0. The highest BCUT2D eigenvalue weighted by atomic mass is 32.1. The molecular formula is C21H18N2O4S. The number of benzene rings is 2. The Morgan fingerprint density at radius 1 is 1.07 bits per heavy atom. The van der Waals surface area contributed by atoms with Crippen LogP contribution < -0.4 is 0 Å². The van der Waals surface area contributed by atoms with Gasteiger partial charge in [-0.3, -0.25) is 4.79 Å². The third kappa shape index (κ3) is 3.81. The standard InChI is InChI=1S/C21H18N2O4S/c1-13-21(14-6-2-3-7-15(14)22-13)17(24)10-27-20(25)12-26-11-19-23-16-8-4-5-9-18(16)28-19/h2-9,22H,10-12H2,1H3. The number of thiazole rings is 1. The average Bonchev–Trinajstić information content (AvgIpc) is 3.25. The third-order valence-electron chi connectivity index (χ3n) is 4.32. The highest BCUT2D eigenvalue weighted by Gasteiger charge is 2.17. The van der Waals surface area contributed by atoms with Crippen molar-refractivity contribution in [3.63, 3.8) is 0 Å². The van der Waals surface area contributed by atoms with E-state index in [1.165, 1.54) is 11.3 Å². The molecule has 1 N–H and O–H groups in total. The summed E-state index contributed by atoms with van der Waals surface area (Å²) in [6.45, 7) is 1.52. The van der Waals surface area contributed by atoms with Crippen molar-refractivity contribution in [1.82, 2.24) is 9.97 Å². The molecule has 0 aliphatic heterocycles. The lowest BCUT2D eigenvalue weighted by molar-refractivity contribution is -0.148. The predicted molar refractivity (Wildman–Crippen MR) is 108 cm³/mol. The van der Waals surface area contributed by atoms with Crippen molar-refractivity contribution in [2.45, 2.75) is 13.5 Å². The molecule has 0 radical (unpaired) electrons. The molecule has 0 fully saturated rings. The van der Waals surface area contributed by atoms with E-state index in [4.69, 9.17) is 9.47 Å². The number of carbonyl (C=O) groups is 2. The third-order valence-corrected chi connectivity index (χ3v) is 5.33. The first kappa shape index (κ1) is 18.3. The number of ether oxygens (including phenoxy) is 2. The van der Waals surface area contributed by atoms with Gasteiger partial charge in [0.2, 0.25) is 5.78 Å². The quantitative estimate of drug-likeness (QED) is 0.378. The van der Waals surface area contributed by atoms with E-state index in [0.717, 1.165) is 31.8 Å². The molecule has 0 aliphatic rings. The zero-order valence-electron chi connectivity index (χ0n) is 15.2. The number of fused-ring (bicyclic) bond motifs is 2. The lowest BCUT2D eigenvalue weighted by atomic mass is 10.1. The zero-order chi connectivity index (χ0) is 19.5. The fourth-order valence-electron chi connectivity index (χ4n) is 3.10. The largest absolute Gasteiger partial charge is 0.456 e. The summed E-state index contributed by atoms with van der Waals surface area (Å²) < 4.78 is 11.5. The summed E-state index contributed by atoms with van der Waals surface area (Å²) in [5.41, 5.74) is 3.11. The predicted octanol–water partition coefficient (Wildman–Crippen LogP) is 4.03. The topological polar surface area (TPSA) is 81.3 Å². The number of hydrogen-bond acceptors (Lipinski definition) is 6. The number of hydrogen-bond donors (Lipinski definition) is 1. The second-order valence-corrected chi connectivity index (χ2v) is 7.44. The molecule has 4 aromatic rings. The highest BCUT2D eigenvalue weighted by molar-refractivity contribution is 7.18. The van der Waals surface area contributed by atoms with Crippen LogP contribution in [0.25, 0.3) is 21.1 Å². The summed E-state index contributed by atoms with van der Waals surface area (Å²) in [5.74, 6) is -0.818. The van der Waals surface area contributed by atoms with Crippen molar-refractivity contribution < 1.29 is 19.1 Å². The lowest BCUT2D eigenvalue weighted by Gasteiger charge is -2.05. The Labute approximate surface area is 165 Å². The lowest BCUT2D eigenvalue weighted by Crippen LogP contribution is -2.18. The van der Waals surface area contributed by atoms with Crippen molar-refractivity contribution >= 4 is 44.2 Å². The molecule has 0 spiro atoms. The number of nitrogens with one attached hydrogen (secondary N) is 1. The second-order valence-electron chi connectivity index (χ2n) is 6.32. The number of para-hydroxylation sites is 2. The molecule has 0 bridgehead atoms. The summed E-state index contributed by atoms with van der Waals surface area (Å²) in [4.78, 5) is 32.0. The van der Waals surface area contributed by atoms with Crippen LogP contribution in [-0.4, -0.2) is 34.9 Å². The van der Waals surface area contributed by atoms with Crippen molar-refractivity contribution in [2.24, 2.45) is 0 Å². The number of esters is 1. The number of carbonyl (C=O) groups excluding carboxylic acids is 2. The summed E-state index contributed by atoms with van der Waals surface area (Å²) in [5, 5.41) is 1.62. The molecule has 0 saturated carbocycles. The van der Waals surface area contributed by atoms with E-state index in [2.05, 4.69) is 9.97 Å². The summed E-state index contributed by atoms with van der Waals surface area (Å²) in [7, 11) is 0. The van der Waals surface area contributed by atoms with Crippen LogP contribution in [0.15, 0.2) is 48.5 Å². The Morgan fingerprint density at radius 3 is 2.71 bits per heavy atom. The van der Waals surface area contributed by atoms with E-state index < -0.39 is 5.97 Å². The van der Waals surface area contributed by atoms with E-state index in [0.29, 0.717) is 5.56 Å². The Hall–Kier alpha value is -3.03. The molecule has 2 aromatic carbocycles. The minimum atomic E-state index is -0.577. The molecule has 0 aliphatic carbocycles. The molecule has 0 amide bonds. The number of aromatic nitrogens is 2. The van der Waals surface area contributed by atoms with Crippen molar-refractivity contribution in [1.29, 1.82) is 0 Å². The van der Waals surface area contributed by atoms with Gasteiger partial charge >= 0.3 is 5.97 Å². The molecule has 7 heteroatoms. The first-order chi connectivity index (χ1) is 13.6. The number of H-pyrrole nitrogens is 1. The Balaban J connectivity index is 1.29. The van der Waals surface area contributed by atoms with Crippen LogP contribution in [0.4, 0.5) is 0 Å². The second kappa shape index (κ2) is 7.92. The monoisotopic (exact) mass is 394 g/mol. The van der Waals surface area contributed by atoms with Crippen molar-refractivity contribution in [3.05, 3.63) is 64.8 Å². The van der Waals surface area contributed by atoms with Gasteiger partial charge in [0, 0.05) is 22.2 Å². The maximum absolute atomic E-state index is 12.5. The molecule has 0 atom stereocenters. The smallest absolute Gasteiger partial charge is 0.332 e. The van der Waals surface area contributed by atoms with E-state index in [9.17, 15) is 9.59 Å². The maximum Gasteiger partial charge on any atom is 0.332 e. The average molecular weight is 394 g/mol. The van der Waals surface area contributed by atoms with E-state index in [-0.39, 0.29) is 25.6 Å². The van der Waals surface area contributed by atoms with Crippen molar-refractivity contribution in [3.8, 4) is 0 Å². The highest BCUT2D eigenvalue weighted by Crippen LogP contribution is 2.23. The Bertz CT molecular complexity index is 1130. The molecule has 2 aromatic heterocycles. The SMILES string of the molecule is Cc1[nH]c2ccccc2c1C(=O)COC(=O)COCc1nc2ccccc2s1.